The van der Waals surface area contributed by atoms with E-state index in [1.807, 2.05) is 6.92 Å². The molecule has 1 aromatic rings. The van der Waals surface area contributed by atoms with Crippen molar-refractivity contribution in [3.05, 3.63) is 11.8 Å². The molecule has 0 saturated carbocycles. The zero-order valence-electron chi connectivity index (χ0n) is 7.04. The highest BCUT2D eigenvalue weighted by Crippen LogP contribution is 2.13. The Kier molecular flexibility index (Phi) is 3.16. The van der Waals surface area contributed by atoms with Gasteiger partial charge in [-0.25, -0.2) is 8.42 Å². The summed E-state index contributed by atoms with van der Waals surface area (Å²) in [5.74, 6) is 0.392. The molecule has 2 N–H and O–H groups in total. The van der Waals surface area contributed by atoms with Gasteiger partial charge < -0.3 is 0 Å². The number of sulfonamides is 1. The Morgan fingerprint density at radius 3 is 2.92 bits per heavy atom. The van der Waals surface area contributed by atoms with Gasteiger partial charge in [0.2, 0.25) is 10.0 Å². The second-order valence-corrected chi connectivity index (χ2v) is 4.76. The largest absolute Gasteiger partial charge is 0.266 e. The standard InChI is InChI=1S/C6H10ClN3O2S/c1-2-5-3-8-9-6(5)10-13(11,12)4-7/h3H,2,4H2,1H3,(H2,8,9,10). The highest BCUT2D eigenvalue weighted by Gasteiger charge is 2.11. The van der Waals surface area contributed by atoms with E-state index in [-0.39, 0.29) is 0 Å². The number of nitrogens with zero attached hydrogens (tertiary/aromatic N) is 1. The number of alkyl halides is 1. The number of aromatic amines is 1. The fourth-order valence-electron chi connectivity index (χ4n) is 0.850. The summed E-state index contributed by atoms with van der Waals surface area (Å²) in [6, 6.07) is 0. The number of aryl methyl sites for hydroxylation is 1. The van der Waals surface area contributed by atoms with Gasteiger partial charge in [0.1, 0.15) is 11.0 Å². The molecule has 0 amide bonds. The van der Waals surface area contributed by atoms with Gasteiger partial charge in [0.05, 0.1) is 6.20 Å². The van der Waals surface area contributed by atoms with Crippen molar-refractivity contribution >= 4 is 27.4 Å². The molecule has 0 aliphatic carbocycles. The third-order valence-electron chi connectivity index (χ3n) is 1.50. The minimum Gasteiger partial charge on any atom is -0.266 e. The van der Waals surface area contributed by atoms with Crippen LogP contribution in [-0.4, -0.2) is 23.8 Å². The van der Waals surface area contributed by atoms with Crippen LogP contribution in [0.15, 0.2) is 6.20 Å². The van der Waals surface area contributed by atoms with Crippen LogP contribution in [0.25, 0.3) is 0 Å². The van der Waals surface area contributed by atoms with Crippen LogP contribution in [0.1, 0.15) is 12.5 Å². The second-order valence-electron chi connectivity index (χ2n) is 2.45. The van der Waals surface area contributed by atoms with Gasteiger partial charge >= 0.3 is 0 Å². The number of hydrogen-bond acceptors (Lipinski definition) is 3. The number of anilines is 1. The fourth-order valence-corrected chi connectivity index (χ4v) is 1.56. The van der Waals surface area contributed by atoms with Gasteiger partial charge in [0.15, 0.2) is 0 Å². The lowest BCUT2D eigenvalue weighted by Crippen LogP contribution is -2.14. The monoisotopic (exact) mass is 223 g/mol. The van der Waals surface area contributed by atoms with Crippen LogP contribution in [-0.2, 0) is 16.4 Å². The topological polar surface area (TPSA) is 74.8 Å². The molecule has 0 aliphatic heterocycles. The molecule has 0 aliphatic rings. The van der Waals surface area contributed by atoms with Crippen LogP contribution >= 0.6 is 11.6 Å². The average molecular weight is 224 g/mol. The third-order valence-corrected chi connectivity index (χ3v) is 3.16. The van der Waals surface area contributed by atoms with Crippen molar-refractivity contribution in [2.45, 2.75) is 13.3 Å². The Hall–Kier alpha value is -0.750. The number of hydrogen-bond donors (Lipinski definition) is 2. The molecule has 74 valence electrons. The second kappa shape index (κ2) is 3.97. The zero-order valence-corrected chi connectivity index (χ0v) is 8.61. The average Bonchev–Trinajstić information content (AvgIpc) is 2.51. The Morgan fingerprint density at radius 2 is 2.38 bits per heavy atom. The highest BCUT2D eigenvalue weighted by molar-refractivity contribution is 7.93. The van der Waals surface area contributed by atoms with E-state index in [9.17, 15) is 8.42 Å². The molecule has 1 heterocycles. The summed E-state index contributed by atoms with van der Waals surface area (Å²) in [5, 5.41) is 5.80. The Balaban J connectivity index is 2.86. The number of H-pyrrole nitrogens is 1. The number of rotatable bonds is 4. The van der Waals surface area contributed by atoms with Crippen molar-refractivity contribution in [1.29, 1.82) is 0 Å². The van der Waals surface area contributed by atoms with Gasteiger partial charge in [-0.1, -0.05) is 6.92 Å². The molecule has 13 heavy (non-hydrogen) atoms. The summed E-state index contributed by atoms with van der Waals surface area (Å²) in [5.41, 5.74) is 0.814. The van der Waals surface area contributed by atoms with E-state index in [0.29, 0.717) is 12.2 Å². The van der Waals surface area contributed by atoms with Crippen LogP contribution in [0.5, 0.6) is 0 Å². The van der Waals surface area contributed by atoms with Crippen molar-refractivity contribution in [2.24, 2.45) is 0 Å². The predicted molar refractivity (Wildman–Crippen MR) is 51.2 cm³/mol. The lowest BCUT2D eigenvalue weighted by atomic mass is 10.3. The number of halogens is 1. The van der Waals surface area contributed by atoms with Crippen molar-refractivity contribution in [3.63, 3.8) is 0 Å². The number of nitrogens with one attached hydrogen (secondary N) is 2. The Morgan fingerprint density at radius 1 is 1.69 bits per heavy atom. The van der Waals surface area contributed by atoms with Gasteiger partial charge in [-0.05, 0) is 6.42 Å². The summed E-state index contributed by atoms with van der Waals surface area (Å²) in [7, 11) is -3.43. The molecule has 0 atom stereocenters. The minimum absolute atomic E-state index is 0.392. The lowest BCUT2D eigenvalue weighted by Gasteiger charge is -2.03. The SMILES string of the molecule is CCc1cn[nH]c1NS(=O)(=O)CCl. The molecular weight excluding hydrogens is 214 g/mol. The van der Waals surface area contributed by atoms with Crippen LogP contribution in [0.3, 0.4) is 0 Å². The normalized spacial score (nSPS) is 11.5. The van der Waals surface area contributed by atoms with Crippen molar-refractivity contribution in [2.75, 3.05) is 9.93 Å². The summed E-state index contributed by atoms with van der Waals surface area (Å²) in [4.78, 5) is 0. The van der Waals surface area contributed by atoms with Crippen molar-refractivity contribution in [3.8, 4) is 0 Å². The Labute approximate surface area is 81.5 Å². The molecule has 1 aromatic heterocycles. The molecule has 0 fully saturated rings. The van der Waals surface area contributed by atoms with Crippen molar-refractivity contribution in [1.82, 2.24) is 10.2 Å². The first-order chi connectivity index (χ1) is 6.09. The van der Waals surface area contributed by atoms with Gasteiger partial charge in [-0.2, -0.15) is 5.10 Å². The maximum Gasteiger partial charge on any atom is 0.247 e. The van der Waals surface area contributed by atoms with Gasteiger partial charge in [0.25, 0.3) is 0 Å². The Bertz CT molecular complexity index is 373. The summed E-state index contributed by atoms with van der Waals surface area (Å²) >= 11 is 5.22. The van der Waals surface area contributed by atoms with E-state index in [1.54, 1.807) is 6.20 Å². The first kappa shape index (κ1) is 10.3. The first-order valence-electron chi connectivity index (χ1n) is 3.67. The van der Waals surface area contributed by atoms with Crippen LogP contribution in [0.2, 0.25) is 0 Å². The zero-order chi connectivity index (χ0) is 9.90. The van der Waals surface area contributed by atoms with E-state index in [1.165, 1.54) is 0 Å². The van der Waals surface area contributed by atoms with Crippen LogP contribution < -0.4 is 4.72 Å². The maximum absolute atomic E-state index is 11.0. The van der Waals surface area contributed by atoms with E-state index in [2.05, 4.69) is 14.9 Å². The number of aromatic nitrogens is 2. The smallest absolute Gasteiger partial charge is 0.247 e. The molecule has 0 saturated heterocycles. The van der Waals surface area contributed by atoms with E-state index >= 15 is 0 Å². The third kappa shape index (κ3) is 2.60. The molecule has 7 heteroatoms. The first-order valence-corrected chi connectivity index (χ1v) is 5.86. The van der Waals surface area contributed by atoms with Gasteiger partial charge in [-0.3, -0.25) is 9.82 Å². The van der Waals surface area contributed by atoms with Gasteiger partial charge in [-0.15, -0.1) is 11.6 Å². The van der Waals surface area contributed by atoms with Crippen LogP contribution in [0, 0.1) is 0 Å². The van der Waals surface area contributed by atoms with E-state index < -0.39 is 15.2 Å². The predicted octanol–water partition coefficient (Wildman–Crippen LogP) is 0.910. The highest BCUT2D eigenvalue weighted by atomic mass is 35.5. The van der Waals surface area contributed by atoms with E-state index in [0.717, 1.165) is 5.56 Å². The van der Waals surface area contributed by atoms with Crippen molar-refractivity contribution < 1.29 is 8.42 Å². The molecule has 1 rings (SSSR count). The summed E-state index contributed by atoms with van der Waals surface area (Å²) in [6.07, 6.45) is 2.28. The van der Waals surface area contributed by atoms with E-state index in [4.69, 9.17) is 11.6 Å². The quantitative estimate of drug-likeness (QED) is 0.746. The lowest BCUT2D eigenvalue weighted by molar-refractivity contribution is 0.605. The molecule has 0 unspecified atom stereocenters. The minimum atomic E-state index is -3.43. The summed E-state index contributed by atoms with van der Waals surface area (Å²) < 4.78 is 24.4. The molecule has 0 spiro atoms. The summed E-state index contributed by atoms with van der Waals surface area (Å²) in [6.45, 7) is 1.91. The molecule has 0 aromatic carbocycles. The fraction of sp³-hybridized carbons (Fsp3) is 0.500. The van der Waals surface area contributed by atoms with Gasteiger partial charge in [0, 0.05) is 5.56 Å². The molecule has 0 radical (unpaired) electrons. The molecular formula is C6H10ClN3O2S. The maximum atomic E-state index is 11.0. The molecule has 5 nitrogen and oxygen atoms in total. The van der Waals surface area contributed by atoms with Crippen LogP contribution in [0.4, 0.5) is 5.82 Å². The molecule has 0 bridgehead atoms.